The van der Waals surface area contributed by atoms with Gasteiger partial charge in [-0.2, -0.15) is 5.10 Å². The maximum atomic E-state index is 10.5. The largest absolute Gasteiger partial charge is 0.437 e. The number of nitrogens with one attached hydrogen (secondary N) is 1. The average Bonchev–Trinajstić information content (AvgIpc) is 2.39. The fraction of sp³-hybridized carbons (Fsp3) is 0.0769. The Kier molecular flexibility index (Phi) is 4.23. The van der Waals surface area contributed by atoms with Crippen LogP contribution < -0.4 is 15.9 Å². The number of hydrogen-bond donors (Lipinski definition) is 2. The molecule has 0 unspecified atom stereocenters. The molecule has 0 aliphatic rings. The molecule has 7 nitrogen and oxygen atoms in total. The minimum absolute atomic E-state index is 0.411. The number of rotatable bonds is 4. The summed E-state index contributed by atoms with van der Waals surface area (Å²) in [7, 11) is 0. The first-order chi connectivity index (χ1) is 9.63. The number of carbonyl (C=O) groups excluding carboxylic acids is 1. The van der Waals surface area contributed by atoms with Crippen molar-refractivity contribution in [1.29, 1.82) is 0 Å². The van der Waals surface area contributed by atoms with Gasteiger partial charge in [-0.25, -0.2) is 15.2 Å². The molecule has 2 aromatic rings. The molecule has 1 heterocycles. The van der Waals surface area contributed by atoms with Crippen molar-refractivity contribution < 1.29 is 9.53 Å². The van der Waals surface area contributed by atoms with Gasteiger partial charge in [0.25, 0.3) is 0 Å². The summed E-state index contributed by atoms with van der Waals surface area (Å²) >= 11 is 0. The second-order valence-electron chi connectivity index (χ2n) is 3.91. The molecule has 0 aliphatic carbocycles. The van der Waals surface area contributed by atoms with Crippen LogP contribution in [0.4, 0.5) is 4.79 Å². The summed E-state index contributed by atoms with van der Waals surface area (Å²) in [6.07, 6.45) is 4.63. The van der Waals surface area contributed by atoms with E-state index < -0.39 is 6.03 Å². The van der Waals surface area contributed by atoms with Gasteiger partial charge in [0.1, 0.15) is 5.75 Å². The molecule has 2 rings (SSSR count). The van der Waals surface area contributed by atoms with E-state index in [1.54, 1.807) is 30.5 Å². The molecule has 7 heteroatoms. The van der Waals surface area contributed by atoms with Crippen LogP contribution in [0, 0.1) is 6.92 Å². The Morgan fingerprint density at radius 2 is 2.30 bits per heavy atom. The highest BCUT2D eigenvalue weighted by molar-refractivity contribution is 5.81. The van der Waals surface area contributed by atoms with E-state index in [0.29, 0.717) is 11.6 Å². The Hall–Kier alpha value is -2.96. The SMILES string of the molecule is Cc1cncc(Oc2cccc(C=NNC(N)=O)c2)n1. The third-order valence-corrected chi connectivity index (χ3v) is 2.20. The van der Waals surface area contributed by atoms with Gasteiger partial charge in [-0.05, 0) is 24.6 Å². The summed E-state index contributed by atoms with van der Waals surface area (Å²) in [5, 5.41) is 3.67. The van der Waals surface area contributed by atoms with Crippen LogP contribution in [0.5, 0.6) is 11.6 Å². The first-order valence-electron chi connectivity index (χ1n) is 5.78. The van der Waals surface area contributed by atoms with Crippen LogP contribution in [-0.2, 0) is 0 Å². The quantitative estimate of drug-likeness (QED) is 0.650. The predicted octanol–water partition coefficient (Wildman–Crippen LogP) is 1.58. The van der Waals surface area contributed by atoms with E-state index in [-0.39, 0.29) is 0 Å². The molecule has 0 saturated heterocycles. The number of aryl methyl sites for hydroxylation is 1. The molecule has 1 aromatic carbocycles. The van der Waals surface area contributed by atoms with Crippen LogP contribution >= 0.6 is 0 Å². The van der Waals surface area contributed by atoms with Crippen molar-refractivity contribution in [3.05, 3.63) is 47.9 Å². The third kappa shape index (κ3) is 4.05. The first kappa shape index (κ1) is 13.5. The Bertz CT molecular complexity index is 642. The highest BCUT2D eigenvalue weighted by atomic mass is 16.5. The van der Waals surface area contributed by atoms with Gasteiger partial charge in [0, 0.05) is 6.20 Å². The zero-order valence-corrected chi connectivity index (χ0v) is 10.8. The van der Waals surface area contributed by atoms with Gasteiger partial charge in [0.05, 0.1) is 18.1 Å². The lowest BCUT2D eigenvalue weighted by Crippen LogP contribution is -2.24. The fourth-order valence-electron chi connectivity index (χ4n) is 1.44. The number of hydrazone groups is 1. The van der Waals surface area contributed by atoms with Crippen LogP contribution in [-0.4, -0.2) is 22.2 Å². The maximum absolute atomic E-state index is 10.5. The molecule has 0 fully saturated rings. The second kappa shape index (κ2) is 6.28. The molecule has 102 valence electrons. The molecular weight excluding hydrogens is 258 g/mol. The van der Waals surface area contributed by atoms with E-state index in [0.717, 1.165) is 11.3 Å². The Morgan fingerprint density at radius 3 is 3.05 bits per heavy atom. The van der Waals surface area contributed by atoms with Crippen LogP contribution in [0.15, 0.2) is 41.8 Å². The first-order valence-corrected chi connectivity index (χ1v) is 5.78. The van der Waals surface area contributed by atoms with Crippen LogP contribution in [0.1, 0.15) is 11.3 Å². The summed E-state index contributed by atoms with van der Waals surface area (Å²) < 4.78 is 5.58. The standard InChI is InChI=1S/C13H13N5O2/c1-9-6-15-8-12(17-9)20-11-4-2-3-10(5-11)7-16-18-13(14)19/h2-8H,1H3,(H3,14,18,19). The molecule has 0 aliphatic heterocycles. The maximum Gasteiger partial charge on any atom is 0.332 e. The Morgan fingerprint density at radius 1 is 1.45 bits per heavy atom. The lowest BCUT2D eigenvalue weighted by Gasteiger charge is -2.05. The molecule has 3 N–H and O–H groups in total. The van der Waals surface area contributed by atoms with Crippen molar-refractivity contribution in [1.82, 2.24) is 15.4 Å². The summed E-state index contributed by atoms with van der Waals surface area (Å²) in [5.74, 6) is 1.00. The molecule has 0 atom stereocenters. The lowest BCUT2D eigenvalue weighted by atomic mass is 10.2. The van der Waals surface area contributed by atoms with Crippen molar-refractivity contribution in [3.8, 4) is 11.6 Å². The van der Waals surface area contributed by atoms with Crippen molar-refractivity contribution in [2.75, 3.05) is 0 Å². The van der Waals surface area contributed by atoms with Crippen molar-refractivity contribution in [3.63, 3.8) is 0 Å². The lowest BCUT2D eigenvalue weighted by molar-refractivity contribution is 0.249. The summed E-state index contributed by atoms with van der Waals surface area (Å²) in [5.41, 5.74) is 8.53. The van der Waals surface area contributed by atoms with Crippen LogP contribution in [0.2, 0.25) is 0 Å². The number of ether oxygens (including phenoxy) is 1. The fourth-order valence-corrected chi connectivity index (χ4v) is 1.44. The number of nitrogens with two attached hydrogens (primary N) is 1. The van der Waals surface area contributed by atoms with Crippen LogP contribution in [0.25, 0.3) is 0 Å². The zero-order valence-electron chi connectivity index (χ0n) is 10.8. The van der Waals surface area contributed by atoms with Crippen molar-refractivity contribution >= 4 is 12.2 Å². The summed E-state index contributed by atoms with van der Waals surface area (Å²) in [6, 6.07) is 6.41. The highest BCUT2D eigenvalue weighted by Crippen LogP contribution is 2.19. The monoisotopic (exact) mass is 271 g/mol. The van der Waals surface area contributed by atoms with Crippen molar-refractivity contribution in [2.24, 2.45) is 10.8 Å². The zero-order chi connectivity index (χ0) is 14.4. The molecule has 1 aromatic heterocycles. The number of nitrogens with zero attached hydrogens (tertiary/aromatic N) is 3. The Labute approximate surface area is 115 Å². The van der Waals surface area contributed by atoms with Gasteiger partial charge in [-0.15, -0.1) is 0 Å². The molecule has 2 amide bonds. The van der Waals surface area contributed by atoms with E-state index in [1.807, 2.05) is 6.92 Å². The number of benzene rings is 1. The third-order valence-electron chi connectivity index (χ3n) is 2.20. The molecular formula is C13H13N5O2. The molecule has 0 spiro atoms. The van der Waals surface area contributed by atoms with Gasteiger partial charge in [-0.3, -0.25) is 4.98 Å². The van der Waals surface area contributed by atoms with E-state index in [1.165, 1.54) is 12.4 Å². The van der Waals surface area contributed by atoms with Gasteiger partial charge in [-0.1, -0.05) is 12.1 Å². The number of hydrogen-bond acceptors (Lipinski definition) is 5. The molecule has 0 saturated carbocycles. The smallest absolute Gasteiger partial charge is 0.332 e. The van der Waals surface area contributed by atoms with E-state index in [9.17, 15) is 4.79 Å². The minimum Gasteiger partial charge on any atom is -0.437 e. The topological polar surface area (TPSA) is 102 Å². The van der Waals surface area contributed by atoms with Gasteiger partial charge in [0.15, 0.2) is 0 Å². The second-order valence-corrected chi connectivity index (χ2v) is 3.91. The number of aromatic nitrogens is 2. The molecule has 0 radical (unpaired) electrons. The average molecular weight is 271 g/mol. The van der Waals surface area contributed by atoms with Gasteiger partial charge < -0.3 is 10.5 Å². The summed E-state index contributed by atoms with van der Waals surface area (Å²) in [4.78, 5) is 18.7. The van der Waals surface area contributed by atoms with E-state index >= 15 is 0 Å². The molecule has 0 bridgehead atoms. The highest BCUT2D eigenvalue weighted by Gasteiger charge is 2.00. The number of primary amides is 1. The normalized spacial score (nSPS) is 10.4. The number of amides is 2. The number of urea groups is 1. The Balaban J connectivity index is 2.09. The van der Waals surface area contributed by atoms with Crippen LogP contribution in [0.3, 0.4) is 0 Å². The van der Waals surface area contributed by atoms with Crippen molar-refractivity contribution in [2.45, 2.75) is 6.92 Å². The number of carbonyl (C=O) groups is 1. The molecule has 20 heavy (non-hydrogen) atoms. The minimum atomic E-state index is -0.719. The summed E-state index contributed by atoms with van der Waals surface area (Å²) in [6.45, 7) is 1.83. The van der Waals surface area contributed by atoms with Gasteiger partial charge >= 0.3 is 6.03 Å². The van der Waals surface area contributed by atoms with E-state index in [2.05, 4.69) is 20.5 Å². The van der Waals surface area contributed by atoms with E-state index in [4.69, 9.17) is 10.5 Å². The van der Waals surface area contributed by atoms with Gasteiger partial charge in [0.2, 0.25) is 5.88 Å². The predicted molar refractivity (Wildman–Crippen MR) is 73.6 cm³/mol.